The number of hydrogen-bond acceptors (Lipinski definition) is 3. The molecule has 0 N–H and O–H groups in total. The maximum Gasteiger partial charge on any atom is 0.227 e. The van der Waals surface area contributed by atoms with Gasteiger partial charge in [-0.1, -0.05) is 12.1 Å². The van der Waals surface area contributed by atoms with E-state index in [1.165, 1.54) is 0 Å². The van der Waals surface area contributed by atoms with Crippen molar-refractivity contribution in [3.05, 3.63) is 53.6 Å². The first-order valence-electron chi connectivity index (χ1n) is 5.76. The molecule has 3 rings (SSSR count). The summed E-state index contributed by atoms with van der Waals surface area (Å²) in [6, 6.07) is 15.0. The SMILES string of the molecule is N#Cc1ccc2oc(-c3ccc(CCl)cc3)nc2c1. The fraction of sp³-hybridized carbons (Fsp3) is 0.0667. The van der Waals surface area contributed by atoms with Crippen molar-refractivity contribution < 1.29 is 4.42 Å². The topological polar surface area (TPSA) is 49.8 Å². The quantitative estimate of drug-likeness (QED) is 0.657. The van der Waals surface area contributed by atoms with E-state index in [9.17, 15) is 0 Å². The van der Waals surface area contributed by atoms with E-state index < -0.39 is 0 Å². The third kappa shape index (κ3) is 2.18. The Labute approximate surface area is 115 Å². The van der Waals surface area contributed by atoms with Gasteiger partial charge in [0.1, 0.15) is 5.52 Å². The first kappa shape index (κ1) is 11.8. The molecule has 4 heteroatoms. The molecular formula is C15H9ClN2O. The number of halogens is 1. The molecule has 1 heterocycles. The Hall–Kier alpha value is -2.31. The van der Waals surface area contributed by atoms with Gasteiger partial charge in [0.2, 0.25) is 5.89 Å². The number of benzene rings is 2. The molecule has 0 radical (unpaired) electrons. The standard InChI is InChI=1S/C15H9ClN2O/c16-8-10-1-4-12(5-2-10)15-18-13-7-11(9-17)3-6-14(13)19-15/h1-7H,8H2. The second-order valence-corrected chi connectivity index (χ2v) is 4.41. The predicted molar refractivity (Wildman–Crippen MR) is 73.7 cm³/mol. The number of hydrogen-bond donors (Lipinski definition) is 0. The van der Waals surface area contributed by atoms with Crippen LogP contribution in [0.3, 0.4) is 0 Å². The lowest BCUT2D eigenvalue weighted by molar-refractivity contribution is 0.620. The highest BCUT2D eigenvalue weighted by Crippen LogP contribution is 2.25. The van der Waals surface area contributed by atoms with E-state index in [0.717, 1.165) is 11.1 Å². The smallest absolute Gasteiger partial charge is 0.227 e. The maximum atomic E-state index is 8.86. The number of oxazole rings is 1. The lowest BCUT2D eigenvalue weighted by Gasteiger charge is -1.96. The number of aromatic nitrogens is 1. The molecule has 19 heavy (non-hydrogen) atoms. The van der Waals surface area contributed by atoms with E-state index in [2.05, 4.69) is 11.1 Å². The van der Waals surface area contributed by atoms with Gasteiger partial charge in [0, 0.05) is 11.4 Å². The van der Waals surface area contributed by atoms with Crippen molar-refractivity contribution in [1.82, 2.24) is 4.98 Å². The van der Waals surface area contributed by atoms with Crippen molar-refractivity contribution in [2.75, 3.05) is 0 Å². The second-order valence-electron chi connectivity index (χ2n) is 4.14. The lowest BCUT2D eigenvalue weighted by atomic mass is 10.1. The summed E-state index contributed by atoms with van der Waals surface area (Å²) >= 11 is 5.75. The van der Waals surface area contributed by atoms with Gasteiger partial charge in [-0.15, -0.1) is 11.6 Å². The molecule has 0 unspecified atom stereocenters. The summed E-state index contributed by atoms with van der Waals surface area (Å²) in [5.41, 5.74) is 3.88. The van der Waals surface area contributed by atoms with Crippen LogP contribution in [0.1, 0.15) is 11.1 Å². The van der Waals surface area contributed by atoms with Gasteiger partial charge in [-0.05, 0) is 35.9 Å². The van der Waals surface area contributed by atoms with Crippen LogP contribution >= 0.6 is 11.6 Å². The van der Waals surface area contributed by atoms with Crippen molar-refractivity contribution in [2.24, 2.45) is 0 Å². The monoisotopic (exact) mass is 268 g/mol. The number of nitriles is 1. The first-order valence-corrected chi connectivity index (χ1v) is 6.29. The Kier molecular flexibility index (Phi) is 2.94. The molecular weight excluding hydrogens is 260 g/mol. The molecule has 0 aliphatic rings. The van der Waals surface area contributed by atoms with Crippen LogP contribution in [0.5, 0.6) is 0 Å². The number of nitrogens with zero attached hydrogens (tertiary/aromatic N) is 2. The molecule has 92 valence electrons. The van der Waals surface area contributed by atoms with Crippen molar-refractivity contribution in [1.29, 1.82) is 5.26 Å². The Morgan fingerprint density at radius 1 is 1.16 bits per heavy atom. The highest BCUT2D eigenvalue weighted by atomic mass is 35.5. The normalized spacial score (nSPS) is 10.5. The summed E-state index contributed by atoms with van der Waals surface area (Å²) in [6.45, 7) is 0. The van der Waals surface area contributed by atoms with Crippen LogP contribution in [-0.4, -0.2) is 4.98 Å². The Bertz CT molecular complexity index is 769. The summed E-state index contributed by atoms with van der Waals surface area (Å²) in [7, 11) is 0. The van der Waals surface area contributed by atoms with Gasteiger partial charge >= 0.3 is 0 Å². The summed E-state index contributed by atoms with van der Waals surface area (Å²) < 4.78 is 5.67. The van der Waals surface area contributed by atoms with Crippen LogP contribution in [0.15, 0.2) is 46.9 Å². The van der Waals surface area contributed by atoms with Gasteiger partial charge < -0.3 is 4.42 Å². The zero-order chi connectivity index (χ0) is 13.2. The number of fused-ring (bicyclic) bond motifs is 1. The molecule has 0 atom stereocenters. The molecule has 0 saturated carbocycles. The van der Waals surface area contributed by atoms with E-state index in [1.807, 2.05) is 24.3 Å². The third-order valence-electron chi connectivity index (χ3n) is 2.87. The van der Waals surface area contributed by atoms with Gasteiger partial charge in [0.15, 0.2) is 5.58 Å². The molecule has 3 aromatic rings. The zero-order valence-corrected chi connectivity index (χ0v) is 10.7. The van der Waals surface area contributed by atoms with Gasteiger partial charge in [0.25, 0.3) is 0 Å². The summed E-state index contributed by atoms with van der Waals surface area (Å²) in [5, 5.41) is 8.86. The summed E-state index contributed by atoms with van der Waals surface area (Å²) in [4.78, 5) is 4.40. The Morgan fingerprint density at radius 3 is 2.63 bits per heavy atom. The summed E-state index contributed by atoms with van der Waals surface area (Å²) in [6.07, 6.45) is 0. The number of alkyl halides is 1. The van der Waals surface area contributed by atoms with E-state index in [1.54, 1.807) is 18.2 Å². The van der Waals surface area contributed by atoms with Crippen LogP contribution in [0, 0.1) is 11.3 Å². The molecule has 0 bridgehead atoms. The minimum Gasteiger partial charge on any atom is -0.436 e. The fourth-order valence-corrected chi connectivity index (χ4v) is 2.04. The van der Waals surface area contributed by atoms with Gasteiger partial charge in [0.05, 0.1) is 11.6 Å². The number of rotatable bonds is 2. The molecule has 3 nitrogen and oxygen atoms in total. The van der Waals surface area contributed by atoms with Crippen LogP contribution in [0.4, 0.5) is 0 Å². The van der Waals surface area contributed by atoms with Gasteiger partial charge in [-0.25, -0.2) is 4.98 Å². The first-order chi connectivity index (χ1) is 9.30. The minimum atomic E-state index is 0.485. The van der Waals surface area contributed by atoms with Crippen molar-refractivity contribution in [3.8, 4) is 17.5 Å². The fourth-order valence-electron chi connectivity index (χ4n) is 1.86. The average Bonchev–Trinajstić information content (AvgIpc) is 2.90. The van der Waals surface area contributed by atoms with Crippen LogP contribution in [0.2, 0.25) is 0 Å². The van der Waals surface area contributed by atoms with E-state index >= 15 is 0 Å². The maximum absolute atomic E-state index is 8.86. The van der Waals surface area contributed by atoms with Gasteiger partial charge in [-0.3, -0.25) is 0 Å². The van der Waals surface area contributed by atoms with E-state index in [4.69, 9.17) is 21.3 Å². The minimum absolute atomic E-state index is 0.485. The summed E-state index contributed by atoms with van der Waals surface area (Å²) in [5.74, 6) is 1.03. The van der Waals surface area contributed by atoms with Crippen LogP contribution in [-0.2, 0) is 5.88 Å². The largest absolute Gasteiger partial charge is 0.436 e. The molecule has 0 fully saturated rings. The molecule has 0 aliphatic carbocycles. The van der Waals surface area contributed by atoms with E-state index in [0.29, 0.717) is 28.4 Å². The van der Waals surface area contributed by atoms with Crippen molar-refractivity contribution in [2.45, 2.75) is 5.88 Å². The zero-order valence-electron chi connectivity index (χ0n) is 9.93. The predicted octanol–water partition coefficient (Wildman–Crippen LogP) is 4.11. The molecule has 0 aliphatic heterocycles. The van der Waals surface area contributed by atoms with Crippen molar-refractivity contribution in [3.63, 3.8) is 0 Å². The van der Waals surface area contributed by atoms with Gasteiger partial charge in [-0.2, -0.15) is 5.26 Å². The highest BCUT2D eigenvalue weighted by molar-refractivity contribution is 6.17. The molecule has 2 aromatic carbocycles. The van der Waals surface area contributed by atoms with Crippen LogP contribution < -0.4 is 0 Å². The van der Waals surface area contributed by atoms with Crippen molar-refractivity contribution >= 4 is 22.7 Å². The highest BCUT2D eigenvalue weighted by Gasteiger charge is 2.08. The molecule has 0 saturated heterocycles. The molecule has 1 aromatic heterocycles. The Morgan fingerprint density at radius 2 is 1.95 bits per heavy atom. The second kappa shape index (κ2) is 4.75. The Balaban J connectivity index is 2.07. The van der Waals surface area contributed by atoms with Crippen LogP contribution in [0.25, 0.3) is 22.6 Å². The molecule has 0 spiro atoms. The van der Waals surface area contributed by atoms with E-state index in [-0.39, 0.29) is 0 Å². The lowest BCUT2D eigenvalue weighted by Crippen LogP contribution is -1.80. The third-order valence-corrected chi connectivity index (χ3v) is 3.18. The average molecular weight is 269 g/mol. The molecule has 0 amide bonds.